The molecule has 0 fully saturated rings. The predicted octanol–water partition coefficient (Wildman–Crippen LogP) is 3.70. The van der Waals surface area contributed by atoms with Crippen LogP contribution < -0.4 is 10.1 Å². The van der Waals surface area contributed by atoms with Gasteiger partial charge >= 0.3 is 5.97 Å². The number of benzene rings is 2. The second kappa shape index (κ2) is 9.82. The fraction of sp³-hybridized carbons (Fsp3) is 0.300. The number of methoxy groups -OCH3 is 1. The molecule has 0 aliphatic heterocycles. The molecular formula is C20H22ClNO4. The molecule has 0 saturated heterocycles. The minimum atomic E-state index is -0.516. The molecular weight excluding hydrogens is 354 g/mol. The molecule has 26 heavy (non-hydrogen) atoms. The lowest BCUT2D eigenvalue weighted by molar-refractivity contribution is -0.141. The van der Waals surface area contributed by atoms with Crippen molar-refractivity contribution in [3.8, 4) is 5.75 Å². The number of hydrogen-bond donors (Lipinski definition) is 1. The van der Waals surface area contributed by atoms with Crippen LogP contribution in [0.4, 0.5) is 0 Å². The summed E-state index contributed by atoms with van der Waals surface area (Å²) in [5.41, 5.74) is 1.80. The van der Waals surface area contributed by atoms with E-state index in [-0.39, 0.29) is 18.9 Å². The van der Waals surface area contributed by atoms with Crippen molar-refractivity contribution in [3.05, 3.63) is 64.7 Å². The van der Waals surface area contributed by atoms with Gasteiger partial charge < -0.3 is 14.8 Å². The lowest BCUT2D eigenvalue weighted by Gasteiger charge is -2.19. The van der Waals surface area contributed by atoms with Crippen molar-refractivity contribution < 1.29 is 19.1 Å². The topological polar surface area (TPSA) is 64.6 Å². The van der Waals surface area contributed by atoms with E-state index >= 15 is 0 Å². The molecule has 0 bridgehead atoms. The Morgan fingerprint density at radius 1 is 1.12 bits per heavy atom. The second-order valence-corrected chi connectivity index (χ2v) is 6.14. The Morgan fingerprint density at radius 2 is 1.81 bits per heavy atom. The second-order valence-electron chi connectivity index (χ2n) is 5.70. The fourth-order valence-electron chi connectivity index (χ4n) is 2.51. The number of carbonyl (C=O) groups is 2. The predicted molar refractivity (Wildman–Crippen MR) is 100 cm³/mol. The summed E-state index contributed by atoms with van der Waals surface area (Å²) in [4.78, 5) is 24.0. The van der Waals surface area contributed by atoms with Gasteiger partial charge in [-0.2, -0.15) is 0 Å². The van der Waals surface area contributed by atoms with Gasteiger partial charge in [-0.25, -0.2) is 0 Å². The number of hydrogen-bond acceptors (Lipinski definition) is 4. The number of aryl methyl sites for hydroxylation is 1. The average Bonchev–Trinajstić information content (AvgIpc) is 2.66. The molecule has 2 aromatic rings. The number of esters is 1. The van der Waals surface area contributed by atoms with Crippen molar-refractivity contribution in [2.75, 3.05) is 13.7 Å². The zero-order chi connectivity index (χ0) is 18.9. The Labute approximate surface area is 158 Å². The van der Waals surface area contributed by atoms with Gasteiger partial charge in [-0.1, -0.05) is 48.9 Å². The minimum absolute atomic E-state index is 0.0232. The Kier molecular flexibility index (Phi) is 7.48. The normalized spacial score (nSPS) is 11.5. The molecule has 0 heterocycles. The van der Waals surface area contributed by atoms with Crippen LogP contribution in [0.25, 0.3) is 0 Å². The Bertz CT molecular complexity index is 746. The SMILES string of the molecule is CCc1ccccc1OCC(=O)NC(CC(=O)OC)c1ccc(Cl)cc1. The standard InChI is InChI=1S/C20H22ClNO4/c1-3-14-6-4-5-7-18(14)26-13-19(23)22-17(12-20(24)25-2)15-8-10-16(21)11-9-15/h4-11,17H,3,12-13H2,1-2H3,(H,22,23). The van der Waals surface area contributed by atoms with Crippen LogP contribution in [0, 0.1) is 0 Å². The van der Waals surface area contributed by atoms with E-state index in [2.05, 4.69) is 5.32 Å². The number of ether oxygens (including phenoxy) is 2. The maximum atomic E-state index is 12.3. The van der Waals surface area contributed by atoms with E-state index in [1.165, 1.54) is 7.11 Å². The van der Waals surface area contributed by atoms with E-state index in [9.17, 15) is 9.59 Å². The molecule has 1 unspecified atom stereocenters. The Hall–Kier alpha value is -2.53. The molecule has 0 spiro atoms. The summed E-state index contributed by atoms with van der Waals surface area (Å²) >= 11 is 5.90. The first-order chi connectivity index (χ1) is 12.5. The van der Waals surface area contributed by atoms with E-state index in [1.54, 1.807) is 24.3 Å². The Morgan fingerprint density at radius 3 is 2.46 bits per heavy atom. The summed E-state index contributed by atoms with van der Waals surface area (Å²) in [6.45, 7) is 1.89. The third-order valence-electron chi connectivity index (χ3n) is 3.92. The maximum Gasteiger partial charge on any atom is 0.307 e. The number of amides is 1. The molecule has 2 aromatic carbocycles. The maximum absolute atomic E-state index is 12.3. The molecule has 5 nitrogen and oxygen atoms in total. The molecule has 1 atom stereocenters. The zero-order valence-corrected chi connectivity index (χ0v) is 15.6. The van der Waals surface area contributed by atoms with Crippen LogP contribution in [0.15, 0.2) is 48.5 Å². The van der Waals surface area contributed by atoms with E-state index in [0.29, 0.717) is 10.8 Å². The van der Waals surface area contributed by atoms with Crippen molar-refractivity contribution in [2.45, 2.75) is 25.8 Å². The van der Waals surface area contributed by atoms with Gasteiger partial charge in [-0.15, -0.1) is 0 Å². The summed E-state index contributed by atoms with van der Waals surface area (Å²) < 4.78 is 10.3. The highest BCUT2D eigenvalue weighted by atomic mass is 35.5. The summed E-state index contributed by atoms with van der Waals surface area (Å²) in [6.07, 6.45) is 0.836. The first-order valence-electron chi connectivity index (χ1n) is 8.35. The molecule has 1 N–H and O–H groups in total. The monoisotopic (exact) mass is 375 g/mol. The fourth-order valence-corrected chi connectivity index (χ4v) is 2.64. The van der Waals surface area contributed by atoms with E-state index in [0.717, 1.165) is 17.5 Å². The third-order valence-corrected chi connectivity index (χ3v) is 4.17. The van der Waals surface area contributed by atoms with Gasteiger partial charge in [0.25, 0.3) is 5.91 Å². The van der Waals surface area contributed by atoms with E-state index in [4.69, 9.17) is 21.1 Å². The van der Waals surface area contributed by atoms with Gasteiger partial charge in [0.1, 0.15) is 5.75 Å². The smallest absolute Gasteiger partial charge is 0.307 e. The highest BCUT2D eigenvalue weighted by Crippen LogP contribution is 2.21. The van der Waals surface area contributed by atoms with Crippen LogP contribution in [-0.4, -0.2) is 25.6 Å². The quantitative estimate of drug-likeness (QED) is 0.714. The van der Waals surface area contributed by atoms with Crippen molar-refractivity contribution in [1.82, 2.24) is 5.32 Å². The van der Waals surface area contributed by atoms with Crippen LogP contribution in [-0.2, 0) is 20.7 Å². The van der Waals surface area contributed by atoms with Gasteiger partial charge in [-0.05, 0) is 35.7 Å². The highest BCUT2D eigenvalue weighted by Gasteiger charge is 2.19. The minimum Gasteiger partial charge on any atom is -0.483 e. The lowest BCUT2D eigenvalue weighted by Crippen LogP contribution is -2.34. The third kappa shape index (κ3) is 5.77. The lowest BCUT2D eigenvalue weighted by atomic mass is 10.0. The zero-order valence-electron chi connectivity index (χ0n) is 14.8. The van der Waals surface area contributed by atoms with E-state index in [1.807, 2.05) is 31.2 Å². The van der Waals surface area contributed by atoms with Crippen molar-refractivity contribution in [2.24, 2.45) is 0 Å². The van der Waals surface area contributed by atoms with Crippen LogP contribution in [0.5, 0.6) is 5.75 Å². The average molecular weight is 376 g/mol. The molecule has 6 heteroatoms. The van der Waals surface area contributed by atoms with Crippen LogP contribution in [0.2, 0.25) is 5.02 Å². The molecule has 0 radical (unpaired) electrons. The molecule has 2 rings (SSSR count). The largest absolute Gasteiger partial charge is 0.483 e. The van der Waals surface area contributed by atoms with Crippen LogP contribution >= 0.6 is 11.6 Å². The summed E-state index contributed by atoms with van der Waals surface area (Å²) in [5.74, 6) is -0.0524. The van der Waals surface area contributed by atoms with Crippen molar-refractivity contribution in [1.29, 1.82) is 0 Å². The molecule has 0 aliphatic carbocycles. The molecule has 0 aliphatic rings. The van der Waals surface area contributed by atoms with Crippen molar-refractivity contribution in [3.63, 3.8) is 0 Å². The highest BCUT2D eigenvalue weighted by molar-refractivity contribution is 6.30. The molecule has 1 amide bonds. The molecule has 138 valence electrons. The molecule has 0 aromatic heterocycles. The first kappa shape index (κ1) is 19.8. The van der Waals surface area contributed by atoms with Crippen LogP contribution in [0.3, 0.4) is 0 Å². The molecule has 0 saturated carbocycles. The van der Waals surface area contributed by atoms with Gasteiger partial charge in [0.2, 0.25) is 0 Å². The summed E-state index contributed by atoms with van der Waals surface area (Å²) in [6, 6.07) is 14.0. The number of rotatable bonds is 8. The number of carbonyl (C=O) groups excluding carboxylic acids is 2. The van der Waals surface area contributed by atoms with E-state index < -0.39 is 12.0 Å². The van der Waals surface area contributed by atoms with Gasteiger partial charge in [-0.3, -0.25) is 9.59 Å². The van der Waals surface area contributed by atoms with Crippen molar-refractivity contribution >= 4 is 23.5 Å². The summed E-state index contributed by atoms with van der Waals surface area (Å²) in [5, 5.41) is 3.40. The number of halogens is 1. The Balaban J connectivity index is 2.03. The van der Waals surface area contributed by atoms with Crippen LogP contribution in [0.1, 0.15) is 30.5 Å². The first-order valence-corrected chi connectivity index (χ1v) is 8.73. The van der Waals surface area contributed by atoms with Gasteiger partial charge in [0.05, 0.1) is 19.6 Å². The summed E-state index contributed by atoms with van der Waals surface area (Å²) in [7, 11) is 1.31. The van der Waals surface area contributed by atoms with Gasteiger partial charge in [0.15, 0.2) is 6.61 Å². The number of nitrogens with one attached hydrogen (secondary N) is 1. The van der Waals surface area contributed by atoms with Gasteiger partial charge in [0, 0.05) is 5.02 Å². The number of para-hydroxylation sites is 1.